The maximum absolute atomic E-state index is 12.8. The lowest BCUT2D eigenvalue weighted by Gasteiger charge is -2.18. The molecule has 6 heteroatoms. The van der Waals surface area contributed by atoms with Crippen molar-refractivity contribution in [2.45, 2.75) is 335 Å². The van der Waals surface area contributed by atoms with Crippen molar-refractivity contribution < 1.29 is 28.6 Å². The Labute approximate surface area is 465 Å². The Balaban J connectivity index is 4.07. The van der Waals surface area contributed by atoms with Crippen molar-refractivity contribution in [2.75, 3.05) is 13.2 Å². The van der Waals surface area contributed by atoms with Crippen molar-refractivity contribution in [2.24, 2.45) is 0 Å². The number of esters is 3. The topological polar surface area (TPSA) is 78.9 Å². The van der Waals surface area contributed by atoms with Gasteiger partial charge in [-0.15, -0.1) is 0 Å². The summed E-state index contributed by atoms with van der Waals surface area (Å²) < 4.78 is 16.8. The highest BCUT2D eigenvalue weighted by atomic mass is 16.6. The van der Waals surface area contributed by atoms with Crippen molar-refractivity contribution in [3.63, 3.8) is 0 Å². The second-order valence-electron chi connectivity index (χ2n) is 21.6. The lowest BCUT2D eigenvalue weighted by atomic mass is 10.0. The number of hydrogen-bond acceptors (Lipinski definition) is 6. The van der Waals surface area contributed by atoms with Crippen LogP contribution in [0.2, 0.25) is 0 Å². The molecular weight excluding hydrogens is 925 g/mol. The highest BCUT2D eigenvalue weighted by molar-refractivity contribution is 5.71. The molecule has 0 bridgehead atoms. The normalized spacial score (nSPS) is 12.5. The summed E-state index contributed by atoms with van der Waals surface area (Å²) in [6.07, 6.45) is 82.5. The zero-order valence-corrected chi connectivity index (χ0v) is 49.8. The summed E-state index contributed by atoms with van der Waals surface area (Å²) in [6.45, 7) is 6.47. The molecule has 6 nitrogen and oxygen atoms in total. The lowest BCUT2D eigenvalue weighted by molar-refractivity contribution is -0.166. The molecule has 434 valence electrons. The molecule has 0 spiro atoms. The van der Waals surface area contributed by atoms with Crippen LogP contribution < -0.4 is 0 Å². The van der Waals surface area contributed by atoms with Crippen molar-refractivity contribution in [1.29, 1.82) is 0 Å². The van der Waals surface area contributed by atoms with Gasteiger partial charge in [0.1, 0.15) is 13.2 Å². The summed E-state index contributed by atoms with van der Waals surface area (Å²) in [5.74, 6) is -0.970. The monoisotopic (exact) mass is 1050 g/mol. The maximum Gasteiger partial charge on any atom is 0.306 e. The fourth-order valence-corrected chi connectivity index (χ4v) is 9.37. The first-order valence-corrected chi connectivity index (χ1v) is 32.4. The van der Waals surface area contributed by atoms with E-state index in [2.05, 4.69) is 87.6 Å². The minimum atomic E-state index is -0.809. The number of rotatable bonds is 59. The first-order valence-electron chi connectivity index (χ1n) is 32.4. The molecule has 0 heterocycles. The molecule has 0 saturated heterocycles. The molecule has 1 atom stereocenters. The molecule has 0 saturated carbocycles. The van der Waals surface area contributed by atoms with Crippen molar-refractivity contribution in [1.82, 2.24) is 0 Å². The molecule has 0 aromatic heterocycles. The van der Waals surface area contributed by atoms with Gasteiger partial charge in [0.2, 0.25) is 0 Å². The van der Waals surface area contributed by atoms with Gasteiger partial charge < -0.3 is 14.2 Å². The smallest absolute Gasteiger partial charge is 0.306 e. The zero-order valence-electron chi connectivity index (χ0n) is 49.8. The first kappa shape index (κ1) is 71.8. The van der Waals surface area contributed by atoms with E-state index in [1.165, 1.54) is 212 Å². The van der Waals surface area contributed by atoms with E-state index in [9.17, 15) is 14.4 Å². The number of carbonyl (C=O) groups excluding carboxylic acids is 3. The number of carbonyl (C=O) groups is 3. The average Bonchev–Trinajstić information content (AvgIpc) is 3.41. The van der Waals surface area contributed by atoms with Crippen LogP contribution in [0.25, 0.3) is 0 Å². The number of ether oxygens (including phenoxy) is 3. The van der Waals surface area contributed by atoms with Crippen LogP contribution in [-0.4, -0.2) is 37.2 Å². The van der Waals surface area contributed by atoms with E-state index in [0.29, 0.717) is 19.3 Å². The van der Waals surface area contributed by atoms with E-state index in [1.807, 2.05) is 6.08 Å². The summed E-state index contributed by atoms with van der Waals surface area (Å²) >= 11 is 0. The Kier molecular flexibility index (Phi) is 60.7. The van der Waals surface area contributed by atoms with E-state index < -0.39 is 6.10 Å². The standard InChI is InChI=1S/C69H122O6/c1-4-7-10-13-16-19-22-24-25-26-27-28-29-30-31-32-33-34-35-36-37-38-39-40-41-42-43-45-47-50-53-56-59-62-68(71)74-65-66(64-73-67(70)61-58-55-52-49-46-21-18-15-12-9-6-3)75-69(72)63-60-57-54-51-48-44-23-20-17-14-11-8-5-2/h8,11,17,20,22,24,26-27,44,48,54,57,66H,4-7,9-10,12-16,18-19,21,23,25,28-43,45-47,49-53,55-56,58-65H2,1-3H3/b11-8-,20-17-,24-22-,27-26-,48-44-,57-54-. The summed E-state index contributed by atoms with van der Waals surface area (Å²) in [4.78, 5) is 38.1. The molecule has 0 fully saturated rings. The Morgan fingerprint density at radius 2 is 0.547 bits per heavy atom. The zero-order chi connectivity index (χ0) is 54.3. The fraction of sp³-hybridized carbons (Fsp3) is 0.783. The largest absolute Gasteiger partial charge is 0.462 e. The fourth-order valence-electron chi connectivity index (χ4n) is 9.37. The van der Waals surface area contributed by atoms with Crippen molar-refractivity contribution >= 4 is 17.9 Å². The van der Waals surface area contributed by atoms with E-state index in [1.54, 1.807) is 0 Å². The predicted molar refractivity (Wildman–Crippen MR) is 325 cm³/mol. The molecule has 0 N–H and O–H groups in total. The van der Waals surface area contributed by atoms with Gasteiger partial charge in [-0.05, 0) is 77.0 Å². The van der Waals surface area contributed by atoms with Gasteiger partial charge in [0, 0.05) is 19.3 Å². The third kappa shape index (κ3) is 61.6. The molecule has 0 amide bonds. The van der Waals surface area contributed by atoms with Crippen LogP contribution in [0.1, 0.15) is 329 Å². The second kappa shape index (κ2) is 63.4. The molecule has 0 rings (SSSR count). The van der Waals surface area contributed by atoms with Crippen LogP contribution in [0.15, 0.2) is 72.9 Å². The van der Waals surface area contributed by atoms with E-state index in [0.717, 1.165) is 70.6 Å². The molecule has 0 aromatic carbocycles. The van der Waals surface area contributed by atoms with Crippen LogP contribution in [0.5, 0.6) is 0 Å². The first-order chi connectivity index (χ1) is 37.0. The van der Waals surface area contributed by atoms with Gasteiger partial charge in [0.25, 0.3) is 0 Å². The third-order valence-electron chi connectivity index (χ3n) is 14.2. The van der Waals surface area contributed by atoms with E-state index in [-0.39, 0.29) is 37.5 Å². The average molecular weight is 1050 g/mol. The second-order valence-corrected chi connectivity index (χ2v) is 21.6. The van der Waals surface area contributed by atoms with Gasteiger partial charge in [-0.2, -0.15) is 0 Å². The summed E-state index contributed by atoms with van der Waals surface area (Å²) in [6, 6.07) is 0. The Morgan fingerprint density at radius 3 is 0.867 bits per heavy atom. The molecule has 0 radical (unpaired) electrons. The van der Waals surface area contributed by atoms with Crippen LogP contribution in [0.4, 0.5) is 0 Å². The highest BCUT2D eigenvalue weighted by Crippen LogP contribution is 2.17. The molecule has 0 aliphatic carbocycles. The molecule has 75 heavy (non-hydrogen) atoms. The van der Waals surface area contributed by atoms with Crippen LogP contribution in [0.3, 0.4) is 0 Å². The molecule has 0 aliphatic rings. The third-order valence-corrected chi connectivity index (χ3v) is 14.2. The molecule has 0 aromatic rings. The Morgan fingerprint density at radius 1 is 0.280 bits per heavy atom. The van der Waals surface area contributed by atoms with Gasteiger partial charge in [-0.1, -0.05) is 306 Å². The summed E-state index contributed by atoms with van der Waals surface area (Å²) in [5, 5.41) is 0. The maximum atomic E-state index is 12.8. The van der Waals surface area contributed by atoms with Gasteiger partial charge >= 0.3 is 17.9 Å². The number of hydrogen-bond donors (Lipinski definition) is 0. The summed E-state index contributed by atoms with van der Waals surface area (Å²) in [7, 11) is 0. The minimum Gasteiger partial charge on any atom is -0.462 e. The highest BCUT2D eigenvalue weighted by Gasteiger charge is 2.19. The quantitative estimate of drug-likeness (QED) is 0.0261. The van der Waals surface area contributed by atoms with E-state index in [4.69, 9.17) is 14.2 Å². The SMILES string of the molecule is CC/C=C\C/C=C\C/C=C\C/C=C\CCC(=O)OC(COC(=O)CCCCCCCCCCCCC)COC(=O)CCCCCCCCCCCCCCCCCCCCCCC/C=C\C/C=C\CCCCCCC. The van der Waals surface area contributed by atoms with Crippen LogP contribution in [-0.2, 0) is 28.6 Å². The molecule has 1 unspecified atom stereocenters. The van der Waals surface area contributed by atoms with Gasteiger partial charge in [0.05, 0.1) is 0 Å². The number of allylic oxidation sites excluding steroid dienone is 12. The predicted octanol–water partition coefficient (Wildman–Crippen LogP) is 22.1. The summed E-state index contributed by atoms with van der Waals surface area (Å²) in [5.41, 5.74) is 0. The number of unbranched alkanes of at least 4 members (excludes halogenated alkanes) is 36. The van der Waals surface area contributed by atoms with E-state index >= 15 is 0 Å². The van der Waals surface area contributed by atoms with Crippen LogP contribution >= 0.6 is 0 Å². The van der Waals surface area contributed by atoms with Gasteiger partial charge in [-0.3, -0.25) is 14.4 Å². The van der Waals surface area contributed by atoms with Crippen molar-refractivity contribution in [3.05, 3.63) is 72.9 Å². The molecular formula is C69H122O6. The Bertz CT molecular complexity index is 1390. The molecule has 0 aliphatic heterocycles. The van der Waals surface area contributed by atoms with Crippen LogP contribution in [0, 0.1) is 0 Å². The van der Waals surface area contributed by atoms with Crippen molar-refractivity contribution in [3.8, 4) is 0 Å². The Hall–Kier alpha value is -3.15. The lowest BCUT2D eigenvalue weighted by Crippen LogP contribution is -2.30. The minimum absolute atomic E-state index is 0.0997. The van der Waals surface area contributed by atoms with Gasteiger partial charge in [-0.25, -0.2) is 0 Å². The van der Waals surface area contributed by atoms with Gasteiger partial charge in [0.15, 0.2) is 6.10 Å².